The first-order chi connectivity index (χ1) is 12.9. The van der Waals surface area contributed by atoms with Crippen LogP contribution in [0.3, 0.4) is 0 Å². The standard InChI is InChI=1S/C21H23NO5/c1-21(2,15-6-9-17-18(13-15)27-12-11-26-17)20(25)22-16-7-3-14(4-8-16)5-10-19(23)24/h3-4,6-9,13H,5,10-12H2,1-2H3,(H,22,25)(H,23,24). The van der Waals surface area contributed by atoms with E-state index >= 15 is 0 Å². The molecule has 0 saturated carbocycles. The second-order valence-electron chi connectivity index (χ2n) is 7.03. The minimum Gasteiger partial charge on any atom is -0.486 e. The van der Waals surface area contributed by atoms with Crippen LogP contribution >= 0.6 is 0 Å². The summed E-state index contributed by atoms with van der Waals surface area (Å²) in [5.41, 5.74) is 1.66. The van der Waals surface area contributed by atoms with Crippen molar-refractivity contribution in [1.29, 1.82) is 0 Å². The van der Waals surface area contributed by atoms with Gasteiger partial charge in [0.1, 0.15) is 13.2 Å². The number of anilines is 1. The molecule has 2 aromatic carbocycles. The van der Waals surface area contributed by atoms with Crippen molar-refractivity contribution in [3.8, 4) is 11.5 Å². The number of aryl methyl sites for hydroxylation is 1. The van der Waals surface area contributed by atoms with Gasteiger partial charge in [-0.2, -0.15) is 0 Å². The average Bonchev–Trinajstić information content (AvgIpc) is 2.67. The number of aliphatic carboxylic acids is 1. The number of hydrogen-bond donors (Lipinski definition) is 2. The molecule has 2 N–H and O–H groups in total. The minimum atomic E-state index is -0.825. The third-order valence-corrected chi connectivity index (χ3v) is 4.67. The first kappa shape index (κ1) is 18.8. The molecular weight excluding hydrogens is 346 g/mol. The topological polar surface area (TPSA) is 84.9 Å². The summed E-state index contributed by atoms with van der Waals surface area (Å²) < 4.78 is 11.1. The molecule has 0 aliphatic carbocycles. The Bertz CT molecular complexity index is 842. The van der Waals surface area contributed by atoms with Crippen molar-refractivity contribution in [2.45, 2.75) is 32.1 Å². The van der Waals surface area contributed by atoms with Crippen LogP contribution in [0.5, 0.6) is 11.5 Å². The van der Waals surface area contributed by atoms with Crippen LogP contribution in [0.4, 0.5) is 5.69 Å². The van der Waals surface area contributed by atoms with Crippen LogP contribution in [0.25, 0.3) is 0 Å². The van der Waals surface area contributed by atoms with E-state index in [9.17, 15) is 9.59 Å². The fourth-order valence-corrected chi connectivity index (χ4v) is 2.86. The minimum absolute atomic E-state index is 0.0862. The summed E-state index contributed by atoms with van der Waals surface area (Å²) in [6.07, 6.45) is 0.551. The smallest absolute Gasteiger partial charge is 0.303 e. The third kappa shape index (κ3) is 4.39. The van der Waals surface area contributed by atoms with Gasteiger partial charge in [0.2, 0.25) is 5.91 Å². The van der Waals surface area contributed by atoms with Gasteiger partial charge >= 0.3 is 5.97 Å². The van der Waals surface area contributed by atoms with Gasteiger partial charge in [0.25, 0.3) is 0 Å². The number of rotatable bonds is 6. The molecule has 6 heteroatoms. The number of carboxylic acids is 1. The molecule has 0 radical (unpaired) electrons. The maximum atomic E-state index is 12.8. The Labute approximate surface area is 158 Å². The molecule has 1 heterocycles. The summed E-state index contributed by atoms with van der Waals surface area (Å²) in [7, 11) is 0. The Kier molecular flexibility index (Phi) is 5.35. The number of hydrogen-bond acceptors (Lipinski definition) is 4. The van der Waals surface area contributed by atoms with Crippen molar-refractivity contribution < 1.29 is 24.2 Å². The number of benzene rings is 2. The fourth-order valence-electron chi connectivity index (χ4n) is 2.86. The van der Waals surface area contributed by atoms with Crippen LogP contribution < -0.4 is 14.8 Å². The summed E-state index contributed by atoms with van der Waals surface area (Å²) in [5.74, 6) is 0.381. The normalized spacial score (nSPS) is 13.1. The van der Waals surface area contributed by atoms with Crippen LogP contribution in [0.15, 0.2) is 42.5 Å². The number of carbonyl (C=O) groups excluding carboxylic acids is 1. The van der Waals surface area contributed by atoms with Crippen LogP contribution in [0.1, 0.15) is 31.4 Å². The van der Waals surface area contributed by atoms with Crippen molar-refractivity contribution in [1.82, 2.24) is 0 Å². The van der Waals surface area contributed by atoms with Crippen LogP contribution in [0, 0.1) is 0 Å². The number of fused-ring (bicyclic) bond motifs is 1. The van der Waals surface area contributed by atoms with Crippen molar-refractivity contribution in [2.24, 2.45) is 0 Å². The highest BCUT2D eigenvalue weighted by molar-refractivity contribution is 5.98. The maximum absolute atomic E-state index is 12.8. The molecule has 1 amide bonds. The Balaban J connectivity index is 1.70. The molecule has 142 valence electrons. The lowest BCUT2D eigenvalue weighted by molar-refractivity contribution is -0.137. The Hall–Kier alpha value is -3.02. The van der Waals surface area contributed by atoms with Crippen molar-refractivity contribution in [2.75, 3.05) is 18.5 Å². The highest BCUT2D eigenvalue weighted by Crippen LogP contribution is 2.35. The highest BCUT2D eigenvalue weighted by Gasteiger charge is 2.31. The molecule has 27 heavy (non-hydrogen) atoms. The molecule has 0 unspecified atom stereocenters. The van der Waals surface area contributed by atoms with Gasteiger partial charge in [-0.25, -0.2) is 0 Å². The van der Waals surface area contributed by atoms with E-state index in [1.807, 2.05) is 44.2 Å². The lowest BCUT2D eigenvalue weighted by atomic mass is 9.83. The lowest BCUT2D eigenvalue weighted by Gasteiger charge is -2.26. The number of carboxylic acid groups (broad SMARTS) is 1. The van der Waals surface area contributed by atoms with Crippen molar-refractivity contribution in [3.05, 3.63) is 53.6 Å². The predicted molar refractivity (Wildman–Crippen MR) is 101 cm³/mol. The summed E-state index contributed by atoms with van der Waals surface area (Å²) in [6.45, 7) is 4.74. The van der Waals surface area contributed by atoms with Gasteiger partial charge in [-0.1, -0.05) is 18.2 Å². The van der Waals surface area contributed by atoms with Crippen molar-refractivity contribution >= 4 is 17.6 Å². The maximum Gasteiger partial charge on any atom is 0.303 e. The average molecular weight is 369 g/mol. The molecule has 6 nitrogen and oxygen atoms in total. The Morgan fingerprint density at radius 3 is 2.37 bits per heavy atom. The van der Waals surface area contributed by atoms with Gasteiger partial charge in [-0.05, 0) is 55.7 Å². The van der Waals surface area contributed by atoms with Gasteiger partial charge in [0, 0.05) is 12.1 Å². The van der Waals surface area contributed by atoms with E-state index in [4.69, 9.17) is 14.6 Å². The monoisotopic (exact) mass is 369 g/mol. The third-order valence-electron chi connectivity index (χ3n) is 4.67. The first-order valence-electron chi connectivity index (χ1n) is 8.88. The van der Waals surface area contributed by atoms with E-state index in [1.165, 1.54) is 0 Å². The van der Waals surface area contributed by atoms with E-state index in [2.05, 4.69) is 5.32 Å². The second kappa shape index (κ2) is 7.70. The number of ether oxygens (including phenoxy) is 2. The van der Waals surface area contributed by atoms with E-state index in [-0.39, 0.29) is 12.3 Å². The zero-order chi connectivity index (χ0) is 19.4. The Morgan fingerprint density at radius 2 is 1.70 bits per heavy atom. The fraction of sp³-hybridized carbons (Fsp3) is 0.333. The molecule has 3 rings (SSSR count). The van der Waals surface area contributed by atoms with E-state index in [1.54, 1.807) is 12.1 Å². The summed E-state index contributed by atoms with van der Waals surface area (Å²) in [6, 6.07) is 12.8. The molecular formula is C21H23NO5. The summed E-state index contributed by atoms with van der Waals surface area (Å²) >= 11 is 0. The van der Waals surface area contributed by atoms with Crippen LogP contribution in [-0.2, 0) is 21.4 Å². The highest BCUT2D eigenvalue weighted by atomic mass is 16.6. The number of carbonyl (C=O) groups is 2. The van der Waals surface area contributed by atoms with Crippen LogP contribution in [0.2, 0.25) is 0 Å². The zero-order valence-corrected chi connectivity index (χ0v) is 15.5. The van der Waals surface area contributed by atoms with E-state index in [0.717, 1.165) is 11.1 Å². The molecule has 0 bridgehead atoms. The predicted octanol–water partition coefficient (Wildman–Crippen LogP) is 3.39. The van der Waals surface area contributed by atoms with Crippen molar-refractivity contribution in [3.63, 3.8) is 0 Å². The van der Waals surface area contributed by atoms with Gasteiger partial charge < -0.3 is 19.9 Å². The molecule has 0 saturated heterocycles. The quantitative estimate of drug-likeness (QED) is 0.815. The van der Waals surface area contributed by atoms with Gasteiger partial charge in [-0.3, -0.25) is 9.59 Å². The number of amides is 1. The molecule has 1 aliphatic heterocycles. The molecule has 0 atom stereocenters. The molecule has 0 spiro atoms. The molecule has 0 fully saturated rings. The summed E-state index contributed by atoms with van der Waals surface area (Å²) in [4.78, 5) is 23.5. The van der Waals surface area contributed by atoms with Crippen LogP contribution in [-0.4, -0.2) is 30.2 Å². The van der Waals surface area contributed by atoms with E-state index in [0.29, 0.717) is 36.8 Å². The van der Waals surface area contributed by atoms with Gasteiger partial charge in [0.05, 0.1) is 5.41 Å². The number of nitrogens with one attached hydrogen (secondary N) is 1. The molecule has 0 aromatic heterocycles. The second-order valence-corrected chi connectivity index (χ2v) is 7.03. The van der Waals surface area contributed by atoms with Gasteiger partial charge in [-0.15, -0.1) is 0 Å². The lowest BCUT2D eigenvalue weighted by Crippen LogP contribution is -2.34. The molecule has 2 aromatic rings. The first-order valence-corrected chi connectivity index (χ1v) is 8.88. The summed E-state index contributed by atoms with van der Waals surface area (Å²) in [5, 5.41) is 11.7. The molecule has 1 aliphatic rings. The zero-order valence-electron chi connectivity index (χ0n) is 15.5. The largest absolute Gasteiger partial charge is 0.486 e. The van der Waals surface area contributed by atoms with E-state index < -0.39 is 11.4 Å². The SMILES string of the molecule is CC(C)(C(=O)Nc1ccc(CCC(=O)O)cc1)c1ccc2c(c1)OCCO2. The Morgan fingerprint density at radius 1 is 1.04 bits per heavy atom. The van der Waals surface area contributed by atoms with Gasteiger partial charge in [0.15, 0.2) is 11.5 Å².